The van der Waals surface area contributed by atoms with Crippen molar-refractivity contribution in [1.82, 2.24) is 15.0 Å². The molecule has 0 bridgehead atoms. The summed E-state index contributed by atoms with van der Waals surface area (Å²) >= 11 is 0. The number of benzene rings is 3. The van der Waals surface area contributed by atoms with Crippen molar-refractivity contribution in [2.75, 3.05) is 31.1 Å². The van der Waals surface area contributed by atoms with Gasteiger partial charge in [0.2, 0.25) is 0 Å². The zero-order valence-corrected chi connectivity index (χ0v) is 25.4. The van der Waals surface area contributed by atoms with Gasteiger partial charge in [0.1, 0.15) is 6.04 Å². The molecule has 1 atom stereocenters. The lowest BCUT2D eigenvalue weighted by atomic mass is 9.79. The van der Waals surface area contributed by atoms with E-state index in [2.05, 4.69) is 9.88 Å². The summed E-state index contributed by atoms with van der Waals surface area (Å²) in [4.78, 5) is 96.0. The van der Waals surface area contributed by atoms with E-state index >= 15 is 0 Å². The SMILES string of the molecule is O=Cc1cccc(-c2ccc3c(c2-c2cccc(C=O)c2C=O)C(=O)[C@H](CC(=O)O)N(N2CCN(c4ccncc4)CC2)C3=O)c1C=O. The standard InChI is InChI=1S/C36H28N4O8/c41-18-22-3-1-5-25(29(22)20-43)27-7-8-28-34(33(27)26-6-2-4-23(19-42)30(26)21-44)35(47)31(17-32(45)46)40(36(28)48)39-15-13-38(14-16-39)24-9-11-37-12-10-24/h1-12,18-21,31H,13-17H2,(H,45,46)/t31-/m0/s1. The maximum absolute atomic E-state index is 14.7. The molecule has 240 valence electrons. The van der Waals surface area contributed by atoms with Gasteiger partial charge >= 0.3 is 5.97 Å². The van der Waals surface area contributed by atoms with E-state index in [1.807, 2.05) is 12.1 Å². The van der Waals surface area contributed by atoms with E-state index in [0.717, 1.165) is 5.69 Å². The summed E-state index contributed by atoms with van der Waals surface area (Å²) in [5.74, 6) is -2.60. The maximum atomic E-state index is 14.7. The van der Waals surface area contributed by atoms with Crippen molar-refractivity contribution in [3.05, 3.63) is 106 Å². The van der Waals surface area contributed by atoms with Crippen LogP contribution in [0.4, 0.5) is 5.69 Å². The number of Topliss-reactive ketones (excluding diaryl/α,β-unsaturated/α-hetero) is 1. The molecule has 1 aromatic heterocycles. The van der Waals surface area contributed by atoms with Crippen LogP contribution < -0.4 is 4.90 Å². The van der Waals surface area contributed by atoms with Crippen LogP contribution in [0.15, 0.2) is 73.1 Å². The molecular weight excluding hydrogens is 616 g/mol. The smallest absolute Gasteiger partial charge is 0.305 e. The van der Waals surface area contributed by atoms with Crippen LogP contribution >= 0.6 is 0 Å². The third-order valence-corrected chi connectivity index (χ3v) is 8.77. The van der Waals surface area contributed by atoms with Crippen LogP contribution in [0.3, 0.4) is 0 Å². The van der Waals surface area contributed by atoms with Gasteiger partial charge in [-0.25, -0.2) is 5.01 Å². The first kappa shape index (κ1) is 31.8. The minimum absolute atomic E-state index is 0.0123. The lowest BCUT2D eigenvalue weighted by molar-refractivity contribution is -0.139. The van der Waals surface area contributed by atoms with E-state index in [1.165, 1.54) is 41.4 Å². The molecule has 4 aromatic rings. The number of carboxylic acid groups (broad SMARTS) is 1. The number of aldehydes is 4. The Bertz CT molecular complexity index is 1990. The summed E-state index contributed by atoms with van der Waals surface area (Å²) in [5, 5.41) is 12.8. The number of anilines is 1. The second-order valence-electron chi connectivity index (χ2n) is 11.3. The molecule has 12 heteroatoms. The number of hydrogen-bond donors (Lipinski definition) is 1. The molecule has 3 aromatic carbocycles. The van der Waals surface area contributed by atoms with Gasteiger partial charge in [-0.2, -0.15) is 0 Å². The highest BCUT2D eigenvalue weighted by molar-refractivity contribution is 6.21. The largest absolute Gasteiger partial charge is 0.481 e. The van der Waals surface area contributed by atoms with Crippen molar-refractivity contribution >= 4 is 48.5 Å². The Morgan fingerprint density at radius 1 is 0.708 bits per heavy atom. The fourth-order valence-corrected chi connectivity index (χ4v) is 6.57. The molecule has 3 heterocycles. The van der Waals surface area contributed by atoms with Crippen LogP contribution in [-0.4, -0.2) is 95.1 Å². The summed E-state index contributed by atoms with van der Waals surface area (Å²) < 4.78 is 0. The number of carboxylic acids is 1. The van der Waals surface area contributed by atoms with Gasteiger partial charge in [0, 0.05) is 77.6 Å². The van der Waals surface area contributed by atoms with Crippen molar-refractivity contribution in [1.29, 1.82) is 0 Å². The molecule has 2 aliphatic heterocycles. The third kappa shape index (κ3) is 5.47. The van der Waals surface area contributed by atoms with Gasteiger partial charge in [0.05, 0.1) is 12.0 Å². The fraction of sp³-hybridized carbons (Fsp3) is 0.167. The highest BCUT2D eigenvalue weighted by Crippen LogP contribution is 2.43. The Kier molecular flexibility index (Phi) is 8.82. The molecule has 0 saturated carbocycles. The average Bonchev–Trinajstić information content (AvgIpc) is 3.12. The number of carbonyl (C=O) groups excluding carboxylic acids is 6. The lowest BCUT2D eigenvalue weighted by Crippen LogP contribution is -2.62. The molecule has 1 N–H and O–H groups in total. The summed E-state index contributed by atoms with van der Waals surface area (Å²) in [5.41, 5.74) is 1.48. The molecular formula is C36H28N4O8. The monoisotopic (exact) mass is 644 g/mol. The number of nitrogens with zero attached hydrogens (tertiary/aromatic N) is 4. The lowest BCUT2D eigenvalue weighted by Gasteiger charge is -2.46. The number of aliphatic carboxylic acids is 1. The summed E-state index contributed by atoms with van der Waals surface area (Å²) in [6.07, 6.45) is 4.61. The number of rotatable bonds is 10. The molecule has 1 amide bonds. The van der Waals surface area contributed by atoms with E-state index in [0.29, 0.717) is 51.3 Å². The molecule has 48 heavy (non-hydrogen) atoms. The number of hydrazine groups is 1. The quantitative estimate of drug-likeness (QED) is 0.249. The maximum Gasteiger partial charge on any atom is 0.305 e. The minimum atomic E-state index is -1.44. The van der Waals surface area contributed by atoms with Crippen LogP contribution in [0.5, 0.6) is 0 Å². The first-order valence-electron chi connectivity index (χ1n) is 15.1. The Morgan fingerprint density at radius 3 is 1.88 bits per heavy atom. The minimum Gasteiger partial charge on any atom is -0.481 e. The molecule has 2 aliphatic rings. The van der Waals surface area contributed by atoms with Gasteiger partial charge in [0.25, 0.3) is 5.91 Å². The van der Waals surface area contributed by atoms with E-state index in [1.54, 1.807) is 29.5 Å². The first-order valence-corrected chi connectivity index (χ1v) is 15.1. The topological polar surface area (TPSA) is 162 Å². The van der Waals surface area contributed by atoms with Gasteiger partial charge in [-0.3, -0.25) is 43.6 Å². The highest BCUT2D eigenvalue weighted by Gasteiger charge is 2.45. The molecule has 1 fully saturated rings. The van der Waals surface area contributed by atoms with Crippen LogP contribution in [0.1, 0.15) is 68.6 Å². The van der Waals surface area contributed by atoms with Crippen molar-refractivity contribution in [2.45, 2.75) is 12.5 Å². The summed E-state index contributed by atoms with van der Waals surface area (Å²) in [7, 11) is 0. The van der Waals surface area contributed by atoms with E-state index in [-0.39, 0.29) is 55.6 Å². The van der Waals surface area contributed by atoms with Crippen LogP contribution in [0.25, 0.3) is 22.3 Å². The molecule has 6 rings (SSSR count). The Balaban J connectivity index is 1.56. The molecule has 0 radical (unpaired) electrons. The van der Waals surface area contributed by atoms with Crippen LogP contribution in [0.2, 0.25) is 0 Å². The van der Waals surface area contributed by atoms with Gasteiger partial charge in [-0.1, -0.05) is 42.5 Å². The number of carbonyl (C=O) groups is 7. The first-order chi connectivity index (χ1) is 23.3. The Hall–Kier alpha value is -6.14. The molecule has 0 aliphatic carbocycles. The van der Waals surface area contributed by atoms with Gasteiger partial charge in [-0.05, 0) is 34.9 Å². The van der Waals surface area contributed by atoms with Gasteiger partial charge in [0.15, 0.2) is 30.9 Å². The van der Waals surface area contributed by atoms with Crippen molar-refractivity contribution in [3.8, 4) is 22.3 Å². The number of hydrogen-bond acceptors (Lipinski definition) is 10. The van der Waals surface area contributed by atoms with Crippen LogP contribution in [-0.2, 0) is 4.79 Å². The molecule has 1 saturated heterocycles. The normalized spacial score (nSPS) is 16.3. The molecule has 0 spiro atoms. The Morgan fingerprint density at radius 2 is 1.29 bits per heavy atom. The second kappa shape index (κ2) is 13.3. The van der Waals surface area contributed by atoms with E-state index < -0.39 is 30.1 Å². The van der Waals surface area contributed by atoms with Crippen molar-refractivity contribution in [3.63, 3.8) is 0 Å². The number of ketones is 1. The third-order valence-electron chi connectivity index (χ3n) is 8.77. The van der Waals surface area contributed by atoms with E-state index in [4.69, 9.17) is 0 Å². The predicted molar refractivity (Wildman–Crippen MR) is 173 cm³/mol. The summed E-state index contributed by atoms with van der Waals surface area (Å²) in [6, 6.07) is 14.2. The Labute approximate surface area is 274 Å². The number of fused-ring (bicyclic) bond motifs is 1. The van der Waals surface area contributed by atoms with Crippen molar-refractivity contribution in [2.24, 2.45) is 0 Å². The van der Waals surface area contributed by atoms with Gasteiger partial charge in [-0.15, -0.1) is 0 Å². The summed E-state index contributed by atoms with van der Waals surface area (Å²) in [6.45, 7) is 1.61. The van der Waals surface area contributed by atoms with E-state index in [9.17, 15) is 38.7 Å². The number of piperazine rings is 1. The zero-order valence-electron chi connectivity index (χ0n) is 25.4. The highest BCUT2D eigenvalue weighted by atomic mass is 16.4. The fourth-order valence-electron chi connectivity index (χ4n) is 6.57. The van der Waals surface area contributed by atoms with Crippen molar-refractivity contribution < 1.29 is 38.7 Å². The van der Waals surface area contributed by atoms with Gasteiger partial charge < -0.3 is 10.0 Å². The molecule has 12 nitrogen and oxygen atoms in total. The second-order valence-corrected chi connectivity index (χ2v) is 11.3. The average molecular weight is 645 g/mol. The number of aromatic nitrogens is 1. The van der Waals surface area contributed by atoms with Crippen LogP contribution in [0, 0.1) is 0 Å². The number of pyridine rings is 1. The predicted octanol–water partition coefficient (Wildman–Crippen LogP) is 3.88. The zero-order chi connectivity index (χ0) is 33.9. The molecule has 0 unspecified atom stereocenters. The number of amides is 1.